The smallest absolute Gasteiger partial charge is 0.550 e. The molecular formula is C6H5KO3. The van der Waals surface area contributed by atoms with E-state index in [4.69, 9.17) is 0 Å². The normalized spacial score (nSPS) is 8.50. The van der Waals surface area contributed by atoms with Crippen molar-refractivity contribution in [3.63, 3.8) is 0 Å². The summed E-state index contributed by atoms with van der Waals surface area (Å²) in [6.07, 6.45) is 0. The van der Waals surface area contributed by atoms with Crippen LogP contribution in [0.3, 0.4) is 0 Å². The molecule has 0 N–H and O–H groups in total. The summed E-state index contributed by atoms with van der Waals surface area (Å²) in [5.41, 5.74) is 0.0521. The molecule has 1 heterocycles. The first kappa shape index (κ1) is 10.4. The maximum absolute atomic E-state index is 10.3. The zero-order chi connectivity index (χ0) is 6.85. The minimum atomic E-state index is -0.583. The van der Waals surface area contributed by atoms with E-state index in [1.807, 2.05) is 0 Å². The largest absolute Gasteiger partial charge is 1.00 e. The fourth-order valence-electron chi connectivity index (χ4n) is 0.572. The van der Waals surface area contributed by atoms with Gasteiger partial charge in [-0.3, -0.25) is 4.79 Å². The van der Waals surface area contributed by atoms with E-state index < -0.39 is 11.6 Å². The molecule has 3 nitrogen and oxygen atoms in total. The van der Waals surface area contributed by atoms with Crippen molar-refractivity contribution in [1.29, 1.82) is 0 Å². The Balaban J connectivity index is 0.000000810. The number of rotatable bonds is 0. The van der Waals surface area contributed by atoms with Crippen LogP contribution in [0.2, 0.25) is 0 Å². The van der Waals surface area contributed by atoms with Gasteiger partial charge in [0.2, 0.25) is 5.63 Å². The van der Waals surface area contributed by atoms with Crippen LogP contribution in [-0.2, 0) is 0 Å². The van der Waals surface area contributed by atoms with Crippen LogP contribution in [0.4, 0.5) is 0 Å². The molecule has 0 aliphatic heterocycles. The van der Waals surface area contributed by atoms with Crippen molar-refractivity contribution < 1.29 is 60.9 Å². The van der Waals surface area contributed by atoms with Gasteiger partial charge < -0.3 is 9.52 Å². The summed E-state index contributed by atoms with van der Waals surface area (Å²) in [5.74, 6) is -0.583. The molecule has 0 saturated heterocycles. The van der Waals surface area contributed by atoms with E-state index in [9.17, 15) is 9.90 Å². The van der Waals surface area contributed by atoms with Crippen LogP contribution in [0, 0.1) is 6.92 Å². The van der Waals surface area contributed by atoms with Crippen molar-refractivity contribution in [3.8, 4) is 5.95 Å². The second-order valence-electron chi connectivity index (χ2n) is 1.77. The minimum absolute atomic E-state index is 0. The summed E-state index contributed by atoms with van der Waals surface area (Å²) in [4.78, 5) is 10.3. The van der Waals surface area contributed by atoms with Crippen molar-refractivity contribution in [2.45, 2.75) is 6.92 Å². The Morgan fingerprint density at radius 2 is 2.10 bits per heavy atom. The Morgan fingerprint density at radius 3 is 2.50 bits per heavy atom. The van der Waals surface area contributed by atoms with Gasteiger partial charge in [-0.05, 0) is 24.6 Å². The van der Waals surface area contributed by atoms with E-state index in [2.05, 4.69) is 4.42 Å². The molecule has 0 radical (unpaired) electrons. The first-order chi connectivity index (χ1) is 4.18. The van der Waals surface area contributed by atoms with Gasteiger partial charge in [-0.1, -0.05) is 0 Å². The molecule has 0 bridgehead atoms. The van der Waals surface area contributed by atoms with E-state index in [-0.39, 0.29) is 51.4 Å². The van der Waals surface area contributed by atoms with Gasteiger partial charge in [0.15, 0.2) is 0 Å². The quantitative estimate of drug-likeness (QED) is 0.385. The monoisotopic (exact) mass is 164 g/mol. The van der Waals surface area contributed by atoms with Gasteiger partial charge in [0, 0.05) is 0 Å². The molecule has 0 aliphatic carbocycles. The molecule has 0 atom stereocenters. The van der Waals surface area contributed by atoms with Gasteiger partial charge in [0.25, 0.3) is 0 Å². The fourth-order valence-corrected chi connectivity index (χ4v) is 0.572. The number of aryl methyl sites for hydroxylation is 1. The van der Waals surface area contributed by atoms with Crippen LogP contribution in [-0.4, -0.2) is 0 Å². The Hall–Kier alpha value is 0.386. The maximum Gasteiger partial charge on any atom is 1.00 e. The molecule has 1 aromatic heterocycles. The Morgan fingerprint density at radius 1 is 1.50 bits per heavy atom. The first-order valence-corrected chi connectivity index (χ1v) is 2.47. The van der Waals surface area contributed by atoms with Gasteiger partial charge in [-0.2, -0.15) is 0 Å². The van der Waals surface area contributed by atoms with E-state index in [1.54, 1.807) is 6.92 Å². The molecule has 10 heavy (non-hydrogen) atoms. The van der Waals surface area contributed by atoms with Crippen molar-refractivity contribution in [2.24, 2.45) is 0 Å². The molecular weight excluding hydrogens is 159 g/mol. The molecule has 0 amide bonds. The minimum Gasteiger partial charge on any atom is -0.550 e. The van der Waals surface area contributed by atoms with Gasteiger partial charge in [0.05, 0.1) is 5.95 Å². The fraction of sp³-hybridized carbons (Fsp3) is 0.167. The van der Waals surface area contributed by atoms with Crippen LogP contribution in [0.25, 0.3) is 0 Å². The number of hydrogen-bond acceptors (Lipinski definition) is 3. The van der Waals surface area contributed by atoms with Crippen molar-refractivity contribution >= 4 is 0 Å². The topological polar surface area (TPSA) is 53.3 Å². The third kappa shape index (κ3) is 2.98. The summed E-state index contributed by atoms with van der Waals surface area (Å²) < 4.78 is 4.15. The third-order valence-corrected chi connectivity index (χ3v) is 0.892. The second kappa shape index (κ2) is 4.30. The predicted octanol–water partition coefficient (Wildman–Crippen LogP) is -2.97. The summed E-state index contributed by atoms with van der Waals surface area (Å²) >= 11 is 0. The molecule has 0 aromatic carbocycles. The SMILES string of the molecule is Cc1cc([O-])oc(=O)c1.[K+]. The maximum atomic E-state index is 10.3. The first-order valence-electron chi connectivity index (χ1n) is 2.47. The van der Waals surface area contributed by atoms with Gasteiger partial charge in [-0.25, -0.2) is 0 Å². The summed E-state index contributed by atoms with van der Waals surface area (Å²) in [6.45, 7) is 1.66. The average molecular weight is 164 g/mol. The summed E-state index contributed by atoms with van der Waals surface area (Å²) in [6, 6.07) is 2.53. The van der Waals surface area contributed by atoms with Crippen molar-refractivity contribution in [1.82, 2.24) is 0 Å². The van der Waals surface area contributed by atoms with E-state index in [1.165, 1.54) is 12.1 Å². The van der Waals surface area contributed by atoms with Crippen LogP contribution < -0.4 is 62.1 Å². The Labute approximate surface area is 100 Å². The molecule has 0 spiro atoms. The molecule has 4 heteroatoms. The van der Waals surface area contributed by atoms with E-state index >= 15 is 0 Å². The molecule has 1 rings (SSSR count). The Kier molecular flexibility index (Phi) is 4.47. The van der Waals surface area contributed by atoms with E-state index in [0.717, 1.165) is 0 Å². The zero-order valence-electron chi connectivity index (χ0n) is 5.88. The average Bonchev–Trinajstić information content (AvgIpc) is 1.59. The summed E-state index contributed by atoms with van der Waals surface area (Å²) in [5, 5.41) is 10.3. The van der Waals surface area contributed by atoms with Crippen LogP contribution in [0.5, 0.6) is 5.95 Å². The molecule has 1 aromatic rings. The van der Waals surface area contributed by atoms with Gasteiger partial charge in [-0.15, -0.1) is 0 Å². The number of hydrogen-bond donors (Lipinski definition) is 0. The molecule has 0 unspecified atom stereocenters. The molecule has 0 fully saturated rings. The molecule has 0 aliphatic rings. The molecule has 48 valence electrons. The standard InChI is InChI=1S/C6H6O3.K/c1-4-2-5(7)9-6(8)3-4;/h2-3,7H,1H3;/q;+1/p-1. The van der Waals surface area contributed by atoms with Crippen LogP contribution >= 0.6 is 0 Å². The Bertz CT molecular complexity index is 243. The van der Waals surface area contributed by atoms with Crippen molar-refractivity contribution in [2.75, 3.05) is 0 Å². The zero-order valence-corrected chi connectivity index (χ0v) is 9.00. The second-order valence-corrected chi connectivity index (χ2v) is 1.77. The van der Waals surface area contributed by atoms with Crippen LogP contribution in [0.1, 0.15) is 5.56 Å². The van der Waals surface area contributed by atoms with E-state index in [0.29, 0.717) is 5.56 Å². The van der Waals surface area contributed by atoms with Crippen LogP contribution in [0.15, 0.2) is 21.3 Å². The van der Waals surface area contributed by atoms with Gasteiger partial charge in [0.1, 0.15) is 0 Å². The molecule has 0 saturated carbocycles. The van der Waals surface area contributed by atoms with Gasteiger partial charge >= 0.3 is 51.4 Å². The van der Waals surface area contributed by atoms with Crippen molar-refractivity contribution in [3.05, 3.63) is 28.1 Å². The summed E-state index contributed by atoms with van der Waals surface area (Å²) in [7, 11) is 0. The third-order valence-electron chi connectivity index (χ3n) is 0.892. The predicted molar refractivity (Wildman–Crippen MR) is 29.2 cm³/mol.